The number of halogens is 4. The lowest BCUT2D eigenvalue weighted by Crippen LogP contribution is -2.50. The maximum atomic E-state index is 12.8. The van der Waals surface area contributed by atoms with Gasteiger partial charge in [-0.05, 0) is 50.6 Å². The zero-order chi connectivity index (χ0) is 22.1. The number of ether oxygens (including phenoxy) is 1. The van der Waals surface area contributed by atoms with Crippen LogP contribution in [0.2, 0.25) is 5.28 Å². The van der Waals surface area contributed by atoms with Crippen LogP contribution in [0.15, 0.2) is 30.3 Å². The number of alkyl halides is 3. The number of benzene rings is 1. The van der Waals surface area contributed by atoms with E-state index in [9.17, 15) is 18.0 Å². The molecule has 2 aromatic rings. The van der Waals surface area contributed by atoms with Gasteiger partial charge in [0.2, 0.25) is 5.28 Å². The fourth-order valence-corrected chi connectivity index (χ4v) is 3.28. The van der Waals surface area contributed by atoms with Gasteiger partial charge in [-0.25, -0.2) is 14.8 Å². The van der Waals surface area contributed by atoms with Gasteiger partial charge in [0.1, 0.15) is 5.60 Å². The number of rotatable bonds is 2. The van der Waals surface area contributed by atoms with Crippen LogP contribution >= 0.6 is 11.6 Å². The lowest BCUT2D eigenvalue weighted by atomic mass is 10.0. The van der Waals surface area contributed by atoms with Crippen LogP contribution < -0.4 is 5.32 Å². The minimum atomic E-state index is -4.42. The number of aromatic nitrogens is 2. The molecule has 1 aromatic heterocycles. The summed E-state index contributed by atoms with van der Waals surface area (Å²) >= 11 is 6.10. The number of carbonyl (C=O) groups is 1. The fraction of sp³-hybridized carbons (Fsp3) is 0.450. The first-order valence-electron chi connectivity index (χ1n) is 9.36. The van der Waals surface area contributed by atoms with Crippen molar-refractivity contribution in [3.8, 4) is 11.3 Å². The Morgan fingerprint density at radius 3 is 2.47 bits per heavy atom. The zero-order valence-electron chi connectivity index (χ0n) is 16.8. The number of nitrogens with one attached hydrogen (secondary N) is 1. The summed E-state index contributed by atoms with van der Waals surface area (Å²) in [6.45, 7) is 6.79. The highest BCUT2D eigenvalue weighted by Gasteiger charge is 2.33. The van der Waals surface area contributed by atoms with Gasteiger partial charge in [-0.1, -0.05) is 12.1 Å². The molecule has 1 unspecified atom stereocenters. The van der Waals surface area contributed by atoms with Crippen molar-refractivity contribution >= 4 is 17.7 Å². The van der Waals surface area contributed by atoms with E-state index in [1.54, 1.807) is 31.7 Å². The maximum absolute atomic E-state index is 12.8. The van der Waals surface area contributed by atoms with Crippen molar-refractivity contribution in [3.05, 3.63) is 46.9 Å². The lowest BCUT2D eigenvalue weighted by Gasteiger charge is -2.36. The predicted molar refractivity (Wildman–Crippen MR) is 106 cm³/mol. The first-order valence-corrected chi connectivity index (χ1v) is 9.74. The van der Waals surface area contributed by atoms with Gasteiger partial charge >= 0.3 is 12.3 Å². The molecule has 1 N–H and O–H groups in total. The number of amides is 1. The molecule has 6 nitrogen and oxygen atoms in total. The molecule has 0 spiro atoms. The second-order valence-corrected chi connectivity index (χ2v) is 8.25. The molecule has 1 atom stereocenters. The minimum Gasteiger partial charge on any atom is -0.444 e. The van der Waals surface area contributed by atoms with Crippen molar-refractivity contribution in [2.75, 3.05) is 19.6 Å². The molecule has 0 radical (unpaired) electrons. The molecule has 1 amide bonds. The molecular formula is C20H22ClF3N4O2. The molecule has 1 fully saturated rings. The topological polar surface area (TPSA) is 67.3 Å². The summed E-state index contributed by atoms with van der Waals surface area (Å²) < 4.78 is 44.0. The summed E-state index contributed by atoms with van der Waals surface area (Å²) in [5.41, 5.74) is -0.0990. The van der Waals surface area contributed by atoms with Crippen LogP contribution in [-0.2, 0) is 10.9 Å². The summed E-state index contributed by atoms with van der Waals surface area (Å²) in [5, 5.41) is 3.15. The second kappa shape index (κ2) is 8.39. The molecule has 3 rings (SSSR count). The minimum absolute atomic E-state index is 0.0582. The van der Waals surface area contributed by atoms with Crippen molar-refractivity contribution in [1.29, 1.82) is 0 Å². The van der Waals surface area contributed by atoms with Crippen LogP contribution in [0.5, 0.6) is 0 Å². The molecule has 1 saturated heterocycles. The first kappa shape index (κ1) is 22.3. The highest BCUT2D eigenvalue weighted by atomic mass is 35.5. The van der Waals surface area contributed by atoms with E-state index in [0.29, 0.717) is 36.6 Å². The summed E-state index contributed by atoms with van der Waals surface area (Å²) in [4.78, 5) is 22.6. The first-order chi connectivity index (χ1) is 13.9. The van der Waals surface area contributed by atoms with Gasteiger partial charge in [-0.2, -0.15) is 13.2 Å². The quantitative estimate of drug-likeness (QED) is 0.683. The van der Waals surface area contributed by atoms with E-state index in [2.05, 4.69) is 15.3 Å². The second-order valence-electron chi connectivity index (χ2n) is 7.92. The van der Waals surface area contributed by atoms with Crippen LogP contribution in [0, 0.1) is 0 Å². The van der Waals surface area contributed by atoms with E-state index in [-0.39, 0.29) is 5.28 Å². The molecular weight excluding hydrogens is 421 g/mol. The molecule has 1 aliphatic rings. The van der Waals surface area contributed by atoms with Gasteiger partial charge < -0.3 is 10.1 Å². The number of hydrogen-bond acceptors (Lipinski definition) is 5. The van der Waals surface area contributed by atoms with Crippen molar-refractivity contribution in [3.63, 3.8) is 0 Å². The van der Waals surface area contributed by atoms with Crippen molar-refractivity contribution in [2.45, 2.75) is 38.6 Å². The number of piperazine rings is 1. The normalized spacial score (nSPS) is 17.7. The number of carbonyl (C=O) groups excluding carboxylic acids is 1. The monoisotopic (exact) mass is 442 g/mol. The highest BCUT2D eigenvalue weighted by molar-refractivity contribution is 6.28. The largest absolute Gasteiger partial charge is 0.444 e. The van der Waals surface area contributed by atoms with Gasteiger partial charge in [0, 0.05) is 25.2 Å². The summed E-state index contributed by atoms with van der Waals surface area (Å²) in [7, 11) is 0. The van der Waals surface area contributed by atoms with Crippen molar-refractivity contribution < 1.29 is 22.7 Å². The third-order valence-corrected chi connectivity index (χ3v) is 4.61. The molecule has 1 aromatic carbocycles. The Morgan fingerprint density at radius 1 is 1.20 bits per heavy atom. The van der Waals surface area contributed by atoms with E-state index in [0.717, 1.165) is 12.1 Å². The van der Waals surface area contributed by atoms with Crippen molar-refractivity contribution in [2.24, 2.45) is 0 Å². The smallest absolute Gasteiger partial charge is 0.416 e. The summed E-state index contributed by atoms with van der Waals surface area (Å²) in [5.74, 6) is 0. The van der Waals surface area contributed by atoms with Crippen molar-refractivity contribution in [1.82, 2.24) is 20.2 Å². The van der Waals surface area contributed by atoms with E-state index >= 15 is 0 Å². The Balaban J connectivity index is 1.92. The van der Waals surface area contributed by atoms with E-state index in [4.69, 9.17) is 16.3 Å². The Bertz CT molecular complexity index is 914. The van der Waals surface area contributed by atoms with Crippen LogP contribution in [0.25, 0.3) is 11.3 Å². The maximum Gasteiger partial charge on any atom is 0.416 e. The van der Waals surface area contributed by atoms with E-state index < -0.39 is 29.5 Å². The van der Waals surface area contributed by atoms with Crippen LogP contribution in [-0.4, -0.2) is 46.2 Å². The molecule has 0 bridgehead atoms. The molecule has 1 aliphatic heterocycles. The average Bonchev–Trinajstić information content (AvgIpc) is 2.65. The Labute approximate surface area is 177 Å². The van der Waals surface area contributed by atoms with Gasteiger partial charge in [-0.15, -0.1) is 0 Å². The Kier molecular flexibility index (Phi) is 6.24. The van der Waals surface area contributed by atoms with Gasteiger partial charge in [0.05, 0.1) is 23.0 Å². The number of hydrogen-bond donors (Lipinski definition) is 1. The van der Waals surface area contributed by atoms with Crippen LogP contribution in [0.4, 0.5) is 18.0 Å². The Morgan fingerprint density at radius 2 is 1.87 bits per heavy atom. The van der Waals surface area contributed by atoms with E-state index in [1.165, 1.54) is 12.1 Å². The van der Waals surface area contributed by atoms with Crippen LogP contribution in [0.1, 0.15) is 38.1 Å². The standard InChI is InChI=1S/C20H22ClF3N4O2/c1-19(2,3)30-18(29)28-9-8-25-11-16(28)15-10-14(26-17(21)27-15)12-4-6-13(7-5-12)20(22,23)24/h4-7,10,16,25H,8-9,11H2,1-3H3. The predicted octanol–water partition coefficient (Wildman–Crippen LogP) is 4.70. The molecule has 10 heteroatoms. The molecule has 0 saturated carbocycles. The third kappa shape index (κ3) is 5.40. The SMILES string of the molecule is CC(C)(C)OC(=O)N1CCNCC1c1cc(-c2ccc(C(F)(F)F)cc2)nc(Cl)n1. The molecule has 162 valence electrons. The lowest BCUT2D eigenvalue weighted by molar-refractivity contribution is -0.137. The van der Waals surface area contributed by atoms with Gasteiger partial charge in [0.25, 0.3) is 0 Å². The molecule has 30 heavy (non-hydrogen) atoms. The van der Waals surface area contributed by atoms with Gasteiger partial charge in [0.15, 0.2) is 0 Å². The molecule has 0 aliphatic carbocycles. The highest BCUT2D eigenvalue weighted by Crippen LogP contribution is 2.32. The fourth-order valence-electron chi connectivity index (χ4n) is 3.09. The summed E-state index contributed by atoms with van der Waals surface area (Å²) in [6, 6.07) is 5.80. The van der Waals surface area contributed by atoms with Crippen LogP contribution in [0.3, 0.4) is 0 Å². The Hall–Kier alpha value is -2.39. The average molecular weight is 443 g/mol. The number of nitrogens with zero attached hydrogens (tertiary/aromatic N) is 3. The molecule has 2 heterocycles. The summed E-state index contributed by atoms with van der Waals surface area (Å²) in [6.07, 6.45) is -4.89. The van der Waals surface area contributed by atoms with E-state index in [1.807, 2.05) is 0 Å². The van der Waals surface area contributed by atoms with Gasteiger partial charge in [-0.3, -0.25) is 4.90 Å². The third-order valence-electron chi connectivity index (χ3n) is 4.44. The zero-order valence-corrected chi connectivity index (χ0v) is 17.5.